The Morgan fingerprint density at radius 2 is 1.89 bits per heavy atom. The Hall–Kier alpha value is -2.60. The molecule has 5 rings (SSSR count). The zero-order valence-corrected chi connectivity index (χ0v) is 16.7. The molecule has 7 heteroatoms. The lowest BCUT2D eigenvalue weighted by Gasteiger charge is -2.00. The lowest BCUT2D eigenvalue weighted by molar-refractivity contribution is 0.563. The summed E-state index contributed by atoms with van der Waals surface area (Å²) in [6.45, 7) is 0. The summed E-state index contributed by atoms with van der Waals surface area (Å²) in [5.41, 5.74) is 2.23. The third-order valence-corrected chi connectivity index (χ3v) is 5.91. The molecule has 0 unspecified atom stereocenters. The summed E-state index contributed by atoms with van der Waals surface area (Å²) in [5, 5.41) is 2.08. The summed E-state index contributed by atoms with van der Waals surface area (Å²) in [7, 11) is 0. The smallest absolute Gasteiger partial charge is 0.345 e. The highest BCUT2D eigenvalue weighted by Crippen LogP contribution is 2.27. The maximum atomic E-state index is 12.4. The van der Waals surface area contributed by atoms with Crippen LogP contribution in [0.3, 0.4) is 0 Å². The van der Waals surface area contributed by atoms with Gasteiger partial charge < -0.3 is 4.42 Å². The van der Waals surface area contributed by atoms with E-state index >= 15 is 0 Å². The molecule has 0 aliphatic heterocycles. The molecule has 28 heavy (non-hydrogen) atoms. The maximum Gasteiger partial charge on any atom is 0.345 e. The van der Waals surface area contributed by atoms with Gasteiger partial charge in [-0.2, -0.15) is 0 Å². The summed E-state index contributed by atoms with van der Waals surface area (Å²) in [6.07, 6.45) is 4.65. The van der Waals surface area contributed by atoms with Crippen LogP contribution in [0.15, 0.2) is 70.1 Å². The van der Waals surface area contributed by atoms with E-state index in [2.05, 4.69) is 4.98 Å². The molecule has 0 aliphatic carbocycles. The Kier molecular flexibility index (Phi) is 4.23. The molecule has 0 spiro atoms. The number of rotatable bonds is 3. The van der Waals surface area contributed by atoms with Gasteiger partial charge in [-0.25, -0.2) is 9.78 Å². The topological polar surface area (TPSA) is 47.5 Å². The first kappa shape index (κ1) is 17.5. The van der Waals surface area contributed by atoms with E-state index in [1.807, 2.05) is 41.1 Å². The highest BCUT2D eigenvalue weighted by Gasteiger charge is 2.14. The summed E-state index contributed by atoms with van der Waals surface area (Å²) in [5.74, 6) is 0. The number of hydrogen-bond donors (Lipinski definition) is 0. The number of halogens is 2. The molecule has 0 fully saturated rings. The van der Waals surface area contributed by atoms with Gasteiger partial charge in [0.05, 0.1) is 11.3 Å². The Labute approximate surface area is 173 Å². The van der Waals surface area contributed by atoms with Crippen molar-refractivity contribution in [3.63, 3.8) is 0 Å². The second kappa shape index (κ2) is 6.78. The number of fused-ring (bicyclic) bond motifs is 2. The van der Waals surface area contributed by atoms with Crippen LogP contribution in [0.25, 0.3) is 27.2 Å². The molecular formula is C21H12Cl2N2O2S. The first-order valence-electron chi connectivity index (χ1n) is 8.51. The molecule has 0 saturated carbocycles. The predicted octanol–water partition coefficient (Wildman–Crippen LogP) is 6.07. The molecular weight excluding hydrogens is 415 g/mol. The maximum absolute atomic E-state index is 12.4. The zero-order valence-electron chi connectivity index (χ0n) is 14.4. The predicted molar refractivity (Wildman–Crippen MR) is 114 cm³/mol. The highest BCUT2D eigenvalue weighted by molar-refractivity contribution is 7.17. The van der Waals surface area contributed by atoms with Gasteiger partial charge >= 0.3 is 5.63 Å². The molecule has 0 aliphatic rings. The van der Waals surface area contributed by atoms with E-state index in [0.717, 1.165) is 32.2 Å². The van der Waals surface area contributed by atoms with Gasteiger partial charge in [-0.15, -0.1) is 11.3 Å². The Balaban J connectivity index is 1.52. The molecule has 3 heterocycles. The molecule has 0 bridgehead atoms. The third-order valence-electron chi connectivity index (χ3n) is 4.44. The number of nitrogens with zero attached hydrogens (tertiary/aromatic N) is 2. The molecule has 2 aromatic carbocycles. The quantitative estimate of drug-likeness (QED) is 0.329. The van der Waals surface area contributed by atoms with E-state index in [0.29, 0.717) is 21.9 Å². The van der Waals surface area contributed by atoms with E-state index in [1.54, 1.807) is 35.6 Å². The highest BCUT2D eigenvalue weighted by atomic mass is 35.5. The number of imidazole rings is 1. The van der Waals surface area contributed by atoms with Crippen LogP contribution >= 0.6 is 34.5 Å². The molecule has 0 amide bonds. The van der Waals surface area contributed by atoms with Gasteiger partial charge in [0.25, 0.3) is 0 Å². The standard InChI is InChI=1S/C21H12Cl2N2O2S/c22-14-3-1-2-12(6-14)7-16-10-25-11-18(24-21(25)28-16)17-9-13-8-15(23)4-5-19(13)27-20(17)26/h1-6,8-11H,7H2. The van der Waals surface area contributed by atoms with Crippen LogP contribution < -0.4 is 5.63 Å². The number of hydrogen-bond acceptors (Lipinski definition) is 4. The molecule has 0 atom stereocenters. The first-order chi connectivity index (χ1) is 13.5. The van der Waals surface area contributed by atoms with Crippen molar-refractivity contribution >= 4 is 50.5 Å². The summed E-state index contributed by atoms with van der Waals surface area (Å²) in [6, 6.07) is 14.7. The summed E-state index contributed by atoms with van der Waals surface area (Å²) >= 11 is 13.7. The SMILES string of the molecule is O=c1oc2ccc(Cl)cc2cc1-c1cn2cc(Cc3cccc(Cl)c3)sc2n1. The van der Waals surface area contributed by atoms with Crippen molar-refractivity contribution in [3.05, 3.63) is 91.8 Å². The van der Waals surface area contributed by atoms with Gasteiger partial charge in [0.15, 0.2) is 4.96 Å². The molecule has 0 saturated heterocycles. The molecule has 0 radical (unpaired) electrons. The number of benzene rings is 2. The normalized spacial score (nSPS) is 11.5. The monoisotopic (exact) mass is 426 g/mol. The van der Waals surface area contributed by atoms with Crippen molar-refractivity contribution in [1.29, 1.82) is 0 Å². The molecule has 0 N–H and O–H groups in total. The first-order valence-corrected chi connectivity index (χ1v) is 10.1. The van der Waals surface area contributed by atoms with Gasteiger partial charge in [0.2, 0.25) is 0 Å². The van der Waals surface area contributed by atoms with Crippen molar-refractivity contribution in [3.8, 4) is 11.3 Å². The number of thiazole rings is 1. The van der Waals surface area contributed by atoms with Crippen molar-refractivity contribution in [2.24, 2.45) is 0 Å². The fourth-order valence-corrected chi connectivity index (χ4v) is 4.56. The van der Waals surface area contributed by atoms with Crippen LogP contribution in [0, 0.1) is 0 Å². The van der Waals surface area contributed by atoms with Gasteiger partial charge in [-0.1, -0.05) is 35.3 Å². The average Bonchev–Trinajstić information content (AvgIpc) is 3.20. The largest absolute Gasteiger partial charge is 0.422 e. The van der Waals surface area contributed by atoms with Crippen LogP contribution in [0.1, 0.15) is 10.4 Å². The fourth-order valence-electron chi connectivity index (χ4n) is 3.18. The van der Waals surface area contributed by atoms with E-state index in [4.69, 9.17) is 27.6 Å². The lowest BCUT2D eigenvalue weighted by atomic mass is 10.1. The second-order valence-electron chi connectivity index (χ2n) is 6.45. The van der Waals surface area contributed by atoms with Crippen molar-refractivity contribution in [1.82, 2.24) is 9.38 Å². The minimum absolute atomic E-state index is 0.417. The van der Waals surface area contributed by atoms with Gasteiger partial charge in [0, 0.05) is 39.1 Å². The van der Waals surface area contributed by atoms with Crippen LogP contribution in [0.2, 0.25) is 10.0 Å². The summed E-state index contributed by atoms with van der Waals surface area (Å²) in [4.78, 5) is 19.0. The second-order valence-corrected chi connectivity index (χ2v) is 8.42. The van der Waals surface area contributed by atoms with Gasteiger partial charge in [-0.05, 0) is 42.0 Å². The molecule has 5 aromatic rings. The number of aromatic nitrogens is 2. The van der Waals surface area contributed by atoms with Crippen LogP contribution in [-0.4, -0.2) is 9.38 Å². The van der Waals surface area contributed by atoms with Crippen LogP contribution in [-0.2, 0) is 6.42 Å². The van der Waals surface area contributed by atoms with E-state index in [1.165, 1.54) is 0 Å². The van der Waals surface area contributed by atoms with E-state index < -0.39 is 5.63 Å². The Morgan fingerprint density at radius 1 is 1.04 bits per heavy atom. The zero-order chi connectivity index (χ0) is 19.3. The van der Waals surface area contributed by atoms with E-state index in [-0.39, 0.29) is 0 Å². The Bertz CT molecular complexity index is 1370. The minimum Gasteiger partial charge on any atom is -0.422 e. The average molecular weight is 427 g/mol. The van der Waals surface area contributed by atoms with Crippen molar-refractivity contribution < 1.29 is 4.42 Å². The summed E-state index contributed by atoms with van der Waals surface area (Å²) < 4.78 is 7.35. The van der Waals surface area contributed by atoms with Crippen molar-refractivity contribution in [2.75, 3.05) is 0 Å². The fraction of sp³-hybridized carbons (Fsp3) is 0.0476. The van der Waals surface area contributed by atoms with Crippen LogP contribution in [0.4, 0.5) is 0 Å². The lowest BCUT2D eigenvalue weighted by Crippen LogP contribution is -2.02. The third kappa shape index (κ3) is 3.22. The molecule has 4 nitrogen and oxygen atoms in total. The molecule has 138 valence electrons. The molecule has 3 aromatic heterocycles. The van der Waals surface area contributed by atoms with Gasteiger partial charge in [-0.3, -0.25) is 4.40 Å². The van der Waals surface area contributed by atoms with Crippen molar-refractivity contribution in [2.45, 2.75) is 6.42 Å². The van der Waals surface area contributed by atoms with E-state index in [9.17, 15) is 4.79 Å². The Morgan fingerprint density at radius 3 is 2.71 bits per heavy atom. The minimum atomic E-state index is -0.417. The van der Waals surface area contributed by atoms with Crippen LogP contribution in [0.5, 0.6) is 0 Å². The van der Waals surface area contributed by atoms with Gasteiger partial charge in [0.1, 0.15) is 5.58 Å².